The maximum Gasteiger partial charge on any atom is 0.269 e. The molecule has 0 aromatic heterocycles. The minimum atomic E-state index is -2.23. The van der Waals surface area contributed by atoms with Crippen LogP contribution in [0.25, 0.3) is 0 Å². The van der Waals surface area contributed by atoms with Gasteiger partial charge in [-0.25, -0.2) is 22.0 Å². The maximum absolute atomic E-state index is 13.5. The van der Waals surface area contributed by atoms with Gasteiger partial charge >= 0.3 is 0 Å². The highest BCUT2D eigenvalue weighted by molar-refractivity contribution is 5.39. The van der Waals surface area contributed by atoms with E-state index in [0.29, 0.717) is 0 Å². The average molecular weight is 316 g/mol. The third-order valence-corrected chi connectivity index (χ3v) is 2.92. The van der Waals surface area contributed by atoms with Gasteiger partial charge in [0.25, 0.3) is 5.69 Å². The van der Waals surface area contributed by atoms with Crippen molar-refractivity contribution in [2.45, 2.75) is 6.42 Å². The zero-order valence-electron chi connectivity index (χ0n) is 10.7. The highest BCUT2D eigenvalue weighted by Gasteiger charge is 2.25. The monoisotopic (exact) mass is 316 g/mol. The summed E-state index contributed by atoms with van der Waals surface area (Å²) >= 11 is 0. The number of benzene rings is 2. The molecule has 0 saturated carbocycles. The van der Waals surface area contributed by atoms with Crippen LogP contribution in [0, 0.1) is 45.6 Å². The molecule has 0 heterocycles. The van der Waals surface area contributed by atoms with Gasteiger partial charge in [-0.3, -0.25) is 10.1 Å². The Morgan fingerprint density at radius 1 is 0.955 bits per heavy atom. The zero-order chi connectivity index (χ0) is 16.4. The van der Waals surface area contributed by atoms with Crippen LogP contribution in [0.3, 0.4) is 0 Å². The first-order valence-corrected chi connectivity index (χ1v) is 5.91. The molecule has 8 heteroatoms. The second-order valence-corrected chi connectivity index (χ2v) is 4.31. The predicted octanol–water partition coefficient (Wildman–Crippen LogP) is 4.09. The molecule has 3 nitrogen and oxygen atoms in total. The Bertz CT molecular complexity index is 719. The van der Waals surface area contributed by atoms with Crippen molar-refractivity contribution in [2.24, 2.45) is 0 Å². The summed E-state index contributed by atoms with van der Waals surface area (Å²) in [4.78, 5) is 9.92. The number of hydrogen-bond acceptors (Lipinski definition) is 2. The number of hydrogen-bond donors (Lipinski definition) is 0. The average Bonchev–Trinajstić information content (AvgIpc) is 2.51. The highest BCUT2D eigenvalue weighted by atomic mass is 19.2. The molecule has 0 aliphatic heterocycles. The van der Waals surface area contributed by atoms with Crippen LogP contribution in [-0.2, 0) is 6.42 Å². The Labute approximate surface area is 121 Å². The first kappa shape index (κ1) is 15.9. The van der Waals surface area contributed by atoms with Crippen molar-refractivity contribution in [3.8, 4) is 0 Å². The van der Waals surface area contributed by atoms with Gasteiger partial charge in [-0.05, 0) is 18.4 Å². The molecule has 1 radical (unpaired) electrons. The van der Waals surface area contributed by atoms with Crippen LogP contribution in [-0.4, -0.2) is 4.92 Å². The van der Waals surface area contributed by atoms with Crippen molar-refractivity contribution in [3.05, 3.63) is 81.0 Å². The van der Waals surface area contributed by atoms with Gasteiger partial charge in [0, 0.05) is 17.7 Å². The van der Waals surface area contributed by atoms with Gasteiger partial charge in [0.1, 0.15) is 0 Å². The Morgan fingerprint density at radius 3 is 2.05 bits per heavy atom. The standard InChI is InChI=1S/C14H7F5NO2/c15-10-9(11(16)13(18)14(19)12(10)17)5-4-7-2-1-3-8(6-7)20(21)22/h1-4,6H,5H2. The lowest BCUT2D eigenvalue weighted by molar-refractivity contribution is -0.384. The van der Waals surface area contributed by atoms with Crippen molar-refractivity contribution in [1.29, 1.82) is 0 Å². The Balaban J connectivity index is 2.29. The molecule has 0 spiro atoms. The second-order valence-electron chi connectivity index (χ2n) is 4.31. The normalized spacial score (nSPS) is 10.8. The first-order valence-electron chi connectivity index (χ1n) is 5.91. The van der Waals surface area contributed by atoms with E-state index in [4.69, 9.17) is 0 Å². The van der Waals surface area contributed by atoms with Crippen molar-refractivity contribution in [3.63, 3.8) is 0 Å². The summed E-state index contributed by atoms with van der Waals surface area (Å²) in [7, 11) is 0. The maximum atomic E-state index is 13.5. The van der Waals surface area contributed by atoms with Crippen molar-refractivity contribution >= 4 is 5.69 Å². The number of non-ortho nitro benzene ring substituents is 1. The lowest BCUT2D eigenvalue weighted by Crippen LogP contribution is -2.07. The Morgan fingerprint density at radius 2 is 1.50 bits per heavy atom. The Kier molecular flexibility index (Phi) is 4.39. The molecular weight excluding hydrogens is 309 g/mol. The van der Waals surface area contributed by atoms with Crippen LogP contribution in [0.4, 0.5) is 27.6 Å². The second kappa shape index (κ2) is 6.08. The highest BCUT2D eigenvalue weighted by Crippen LogP contribution is 2.25. The predicted molar refractivity (Wildman–Crippen MR) is 66.4 cm³/mol. The SMILES string of the molecule is O=[N+]([O-])c1cccc([CH]Cc2c(F)c(F)c(F)c(F)c2F)c1. The van der Waals surface area contributed by atoms with Gasteiger partial charge in [0.15, 0.2) is 23.3 Å². The third kappa shape index (κ3) is 2.90. The number of nitro benzene ring substituents is 1. The molecule has 0 aliphatic rings. The van der Waals surface area contributed by atoms with Crippen LogP contribution in [0.5, 0.6) is 0 Å². The fourth-order valence-corrected chi connectivity index (χ4v) is 1.81. The molecule has 2 rings (SSSR count). The number of nitro groups is 1. The third-order valence-electron chi connectivity index (χ3n) is 2.92. The van der Waals surface area contributed by atoms with Crippen molar-refractivity contribution in [2.75, 3.05) is 0 Å². The van der Waals surface area contributed by atoms with Gasteiger partial charge < -0.3 is 0 Å². The summed E-state index contributed by atoms with van der Waals surface area (Å²) in [6, 6.07) is 5.06. The summed E-state index contributed by atoms with van der Waals surface area (Å²) in [6.45, 7) is 0. The van der Waals surface area contributed by atoms with Crippen LogP contribution in [0.1, 0.15) is 11.1 Å². The number of rotatable bonds is 4. The van der Waals surface area contributed by atoms with Crippen LogP contribution in [0.2, 0.25) is 0 Å². The number of halogens is 5. The van der Waals surface area contributed by atoms with Gasteiger partial charge in [-0.1, -0.05) is 12.1 Å². The lowest BCUT2D eigenvalue weighted by Gasteiger charge is -2.08. The van der Waals surface area contributed by atoms with E-state index in [-0.39, 0.29) is 11.3 Å². The lowest BCUT2D eigenvalue weighted by atomic mass is 10.0. The molecule has 0 bridgehead atoms. The van der Waals surface area contributed by atoms with Gasteiger partial charge in [-0.2, -0.15) is 0 Å². The summed E-state index contributed by atoms with van der Waals surface area (Å²) in [5, 5.41) is 10.6. The molecule has 22 heavy (non-hydrogen) atoms. The summed E-state index contributed by atoms with van der Waals surface area (Å²) < 4.78 is 65.9. The molecule has 0 aliphatic carbocycles. The van der Waals surface area contributed by atoms with E-state index < -0.39 is 46.0 Å². The minimum Gasteiger partial charge on any atom is -0.258 e. The smallest absolute Gasteiger partial charge is 0.258 e. The van der Waals surface area contributed by atoms with Gasteiger partial charge in [0.2, 0.25) is 5.82 Å². The summed E-state index contributed by atoms with van der Waals surface area (Å²) in [5.74, 6) is -10.1. The molecule has 0 fully saturated rings. The fraction of sp³-hybridized carbons (Fsp3) is 0.0714. The van der Waals surface area contributed by atoms with E-state index in [1.807, 2.05) is 0 Å². The molecule has 0 N–H and O–H groups in total. The summed E-state index contributed by atoms with van der Waals surface area (Å²) in [6.07, 6.45) is 0.526. The largest absolute Gasteiger partial charge is 0.269 e. The van der Waals surface area contributed by atoms with Crippen LogP contribution < -0.4 is 0 Å². The topological polar surface area (TPSA) is 43.1 Å². The molecule has 2 aromatic rings. The number of nitrogens with zero attached hydrogens (tertiary/aromatic N) is 1. The van der Waals surface area contributed by atoms with Gasteiger partial charge in [0.05, 0.1) is 4.92 Å². The van der Waals surface area contributed by atoms with E-state index in [9.17, 15) is 32.1 Å². The molecular formula is C14H7F5NO2. The van der Waals surface area contributed by atoms with E-state index in [1.165, 1.54) is 18.2 Å². The minimum absolute atomic E-state index is 0.221. The van der Waals surface area contributed by atoms with Crippen molar-refractivity contribution in [1.82, 2.24) is 0 Å². The molecule has 115 valence electrons. The molecule has 0 amide bonds. The Hall–Kier alpha value is -2.51. The quantitative estimate of drug-likeness (QED) is 0.280. The molecule has 2 aromatic carbocycles. The van der Waals surface area contributed by atoms with E-state index in [2.05, 4.69) is 0 Å². The molecule has 0 unspecified atom stereocenters. The molecule has 0 saturated heterocycles. The van der Waals surface area contributed by atoms with Crippen molar-refractivity contribution < 1.29 is 26.9 Å². The molecule has 0 atom stereocenters. The van der Waals surface area contributed by atoms with E-state index in [0.717, 1.165) is 12.5 Å². The van der Waals surface area contributed by atoms with Crippen LogP contribution >= 0.6 is 0 Å². The first-order chi connectivity index (χ1) is 10.3. The van der Waals surface area contributed by atoms with Gasteiger partial charge in [-0.15, -0.1) is 0 Å². The van der Waals surface area contributed by atoms with E-state index >= 15 is 0 Å². The fourth-order valence-electron chi connectivity index (χ4n) is 1.81. The van der Waals surface area contributed by atoms with Crippen LogP contribution in [0.15, 0.2) is 24.3 Å². The summed E-state index contributed by atoms with van der Waals surface area (Å²) in [5.41, 5.74) is -1.03. The van der Waals surface area contributed by atoms with E-state index in [1.54, 1.807) is 0 Å². The zero-order valence-corrected chi connectivity index (χ0v) is 10.7.